The van der Waals surface area contributed by atoms with E-state index in [-0.39, 0.29) is 5.91 Å². The Hall–Kier alpha value is -0.990. The van der Waals surface area contributed by atoms with Crippen LogP contribution in [0.15, 0.2) is 10.3 Å². The number of amides is 1. The van der Waals surface area contributed by atoms with E-state index in [1.807, 2.05) is 0 Å². The minimum absolute atomic E-state index is 0.0499. The summed E-state index contributed by atoms with van der Waals surface area (Å²) in [5.41, 5.74) is 0.912. The first-order valence-corrected chi connectivity index (χ1v) is 5.97. The lowest BCUT2D eigenvalue weighted by molar-refractivity contribution is -0.116. The van der Waals surface area contributed by atoms with E-state index < -0.39 is 0 Å². The lowest BCUT2D eigenvalue weighted by atomic mass is 10.3. The van der Waals surface area contributed by atoms with Crippen LogP contribution < -0.4 is 4.90 Å². The van der Waals surface area contributed by atoms with Crippen molar-refractivity contribution >= 4 is 34.7 Å². The number of hydrogen-bond acceptors (Lipinski definition) is 4. The Labute approximate surface area is 90.3 Å². The second-order valence-corrected chi connectivity index (χ2v) is 5.33. The summed E-state index contributed by atoms with van der Waals surface area (Å²) in [5.74, 6) is 0.964. The molecule has 2 rings (SSSR count). The van der Waals surface area contributed by atoms with Crippen molar-refractivity contribution in [1.82, 2.24) is 0 Å². The van der Waals surface area contributed by atoms with Gasteiger partial charge in [0.25, 0.3) is 0 Å². The van der Waals surface area contributed by atoms with Crippen LogP contribution in [0.3, 0.4) is 0 Å². The largest absolute Gasteiger partial charge is 0.310 e. The Morgan fingerprint density at radius 2 is 2.50 bits per heavy atom. The molecule has 2 heterocycles. The van der Waals surface area contributed by atoms with Crippen LogP contribution in [0.1, 0.15) is 11.8 Å². The smallest absolute Gasteiger partial charge is 0.223 e. The highest BCUT2D eigenvalue weighted by molar-refractivity contribution is 8.01. The predicted molar refractivity (Wildman–Crippen MR) is 57.8 cm³/mol. The van der Waals surface area contributed by atoms with Crippen LogP contribution in [-0.4, -0.2) is 18.2 Å². The van der Waals surface area contributed by atoms with Gasteiger partial charge in [-0.15, -0.1) is 23.1 Å². The summed E-state index contributed by atoms with van der Waals surface area (Å²) in [4.78, 5) is 13.7. The van der Waals surface area contributed by atoms with Crippen molar-refractivity contribution in [3.63, 3.8) is 0 Å². The topological polar surface area (TPSA) is 44.1 Å². The van der Waals surface area contributed by atoms with Crippen molar-refractivity contribution in [1.29, 1.82) is 5.26 Å². The molecule has 0 aromatic carbocycles. The van der Waals surface area contributed by atoms with Crippen LogP contribution >= 0.6 is 23.1 Å². The number of thioether (sulfide) groups is 1. The lowest BCUT2D eigenvalue weighted by Crippen LogP contribution is -2.32. The number of thiophene rings is 1. The number of carbonyl (C=O) groups is 1. The molecule has 0 unspecified atom stereocenters. The molecule has 1 aliphatic heterocycles. The minimum Gasteiger partial charge on any atom is -0.310 e. The maximum absolute atomic E-state index is 11.3. The average molecular weight is 224 g/mol. The first-order chi connectivity index (χ1) is 6.72. The lowest BCUT2D eigenvalue weighted by Gasteiger charge is -2.24. The third-order valence-electron chi connectivity index (χ3n) is 2.01. The molecule has 0 bridgehead atoms. The molecule has 0 saturated heterocycles. The highest BCUT2D eigenvalue weighted by Gasteiger charge is 2.23. The van der Waals surface area contributed by atoms with E-state index in [1.165, 1.54) is 11.3 Å². The average Bonchev–Trinajstić information content (AvgIpc) is 2.59. The number of rotatable bonds is 0. The van der Waals surface area contributed by atoms with Gasteiger partial charge in [-0.3, -0.25) is 4.79 Å². The molecule has 1 aromatic rings. The fourth-order valence-electron chi connectivity index (χ4n) is 1.39. The van der Waals surface area contributed by atoms with Crippen LogP contribution in [0.2, 0.25) is 0 Å². The second kappa shape index (κ2) is 3.64. The first kappa shape index (κ1) is 9.56. The van der Waals surface area contributed by atoms with Crippen molar-refractivity contribution in [2.45, 2.75) is 11.1 Å². The molecular weight excluding hydrogens is 216 g/mol. The van der Waals surface area contributed by atoms with Crippen molar-refractivity contribution in [3.05, 3.63) is 10.9 Å². The minimum atomic E-state index is 0.0499. The maximum atomic E-state index is 11.3. The molecule has 1 amide bonds. The van der Waals surface area contributed by atoms with Crippen molar-refractivity contribution in [2.75, 3.05) is 17.2 Å². The number of hydrogen-bond donors (Lipinski definition) is 0. The molecule has 0 aliphatic carbocycles. The molecular formula is C9H8N2OS2. The van der Waals surface area contributed by atoms with E-state index in [0.717, 1.165) is 22.2 Å². The number of fused-ring (bicyclic) bond motifs is 1. The van der Waals surface area contributed by atoms with Gasteiger partial charge >= 0.3 is 0 Å². The Morgan fingerprint density at radius 1 is 1.71 bits per heavy atom. The van der Waals surface area contributed by atoms with Crippen molar-refractivity contribution in [2.24, 2.45) is 0 Å². The number of anilines is 1. The molecule has 0 fully saturated rings. The monoisotopic (exact) mass is 224 g/mol. The van der Waals surface area contributed by atoms with Crippen molar-refractivity contribution < 1.29 is 4.79 Å². The summed E-state index contributed by atoms with van der Waals surface area (Å²) < 4.78 is 1.09. The normalized spacial score (nSPS) is 14.7. The molecule has 14 heavy (non-hydrogen) atoms. The molecule has 1 aromatic heterocycles. The SMILES string of the molecule is CC(=O)N1CCSc2sc(C#N)cc21. The Balaban J connectivity index is 2.44. The van der Waals surface area contributed by atoms with Gasteiger partial charge in [-0.05, 0) is 6.07 Å². The number of nitrogens with zero attached hydrogens (tertiary/aromatic N) is 2. The highest BCUT2D eigenvalue weighted by atomic mass is 32.2. The fourth-order valence-corrected chi connectivity index (χ4v) is 3.61. The van der Waals surface area contributed by atoms with E-state index in [4.69, 9.17) is 5.26 Å². The standard InChI is InChI=1S/C9H8N2OS2/c1-6(12)11-2-3-13-9-8(11)4-7(5-10)14-9/h4H,2-3H2,1H3. The molecule has 0 radical (unpaired) electrons. The van der Waals surface area contributed by atoms with Gasteiger partial charge in [0.2, 0.25) is 5.91 Å². The van der Waals surface area contributed by atoms with Gasteiger partial charge < -0.3 is 4.90 Å². The summed E-state index contributed by atoms with van der Waals surface area (Å²) in [5, 5.41) is 8.76. The molecule has 72 valence electrons. The third kappa shape index (κ3) is 1.51. The van der Waals surface area contributed by atoms with Crippen LogP contribution in [-0.2, 0) is 4.79 Å². The van der Waals surface area contributed by atoms with Crippen LogP contribution in [0.4, 0.5) is 5.69 Å². The maximum Gasteiger partial charge on any atom is 0.223 e. The third-order valence-corrected chi connectivity index (χ3v) is 4.29. The fraction of sp³-hybridized carbons (Fsp3) is 0.333. The molecule has 0 saturated carbocycles. The summed E-state index contributed by atoms with van der Waals surface area (Å²) in [7, 11) is 0. The summed E-state index contributed by atoms with van der Waals surface area (Å²) in [6.45, 7) is 2.30. The van der Waals surface area contributed by atoms with Gasteiger partial charge in [0.15, 0.2) is 0 Å². The zero-order valence-corrected chi connectivity index (χ0v) is 9.24. The van der Waals surface area contributed by atoms with Crippen molar-refractivity contribution in [3.8, 4) is 6.07 Å². The van der Waals surface area contributed by atoms with Gasteiger partial charge in [-0.25, -0.2) is 0 Å². The molecule has 3 nitrogen and oxygen atoms in total. The van der Waals surface area contributed by atoms with Crippen LogP contribution in [0.5, 0.6) is 0 Å². The molecule has 1 aliphatic rings. The predicted octanol–water partition coefficient (Wildman–Crippen LogP) is 2.08. The summed E-state index contributed by atoms with van der Waals surface area (Å²) in [6, 6.07) is 3.91. The van der Waals surface area contributed by atoms with Crippen LogP contribution in [0.25, 0.3) is 0 Å². The number of nitriles is 1. The summed E-state index contributed by atoms with van der Waals surface area (Å²) >= 11 is 3.18. The van der Waals surface area contributed by atoms with Gasteiger partial charge in [0, 0.05) is 19.2 Å². The Kier molecular flexibility index (Phi) is 2.48. The zero-order valence-electron chi connectivity index (χ0n) is 7.61. The highest BCUT2D eigenvalue weighted by Crippen LogP contribution is 2.41. The van der Waals surface area contributed by atoms with Gasteiger partial charge in [0.05, 0.1) is 9.90 Å². The van der Waals surface area contributed by atoms with E-state index in [1.54, 1.807) is 29.7 Å². The Bertz CT molecular complexity index is 419. The second-order valence-electron chi connectivity index (χ2n) is 2.91. The zero-order chi connectivity index (χ0) is 10.1. The molecule has 0 atom stereocenters. The number of carbonyl (C=O) groups excluding carboxylic acids is 1. The summed E-state index contributed by atoms with van der Waals surface area (Å²) in [6.07, 6.45) is 0. The Morgan fingerprint density at radius 3 is 3.14 bits per heavy atom. The molecule has 5 heteroatoms. The molecule has 0 spiro atoms. The molecule has 0 N–H and O–H groups in total. The van der Waals surface area contributed by atoms with Gasteiger partial charge in [0.1, 0.15) is 10.9 Å². The quantitative estimate of drug-likeness (QED) is 0.677. The first-order valence-electron chi connectivity index (χ1n) is 4.17. The van der Waals surface area contributed by atoms with E-state index in [0.29, 0.717) is 4.88 Å². The van der Waals surface area contributed by atoms with Crippen LogP contribution in [0, 0.1) is 11.3 Å². The van der Waals surface area contributed by atoms with E-state index in [2.05, 4.69) is 6.07 Å². The van der Waals surface area contributed by atoms with E-state index >= 15 is 0 Å². The van der Waals surface area contributed by atoms with Gasteiger partial charge in [-0.1, -0.05) is 0 Å². The van der Waals surface area contributed by atoms with Gasteiger partial charge in [-0.2, -0.15) is 5.26 Å². The van der Waals surface area contributed by atoms with E-state index in [9.17, 15) is 4.79 Å².